The van der Waals surface area contributed by atoms with Gasteiger partial charge >= 0.3 is 0 Å². The van der Waals surface area contributed by atoms with Crippen molar-refractivity contribution in [1.82, 2.24) is 4.31 Å². The number of hydrogen-bond acceptors (Lipinski definition) is 2. The summed E-state index contributed by atoms with van der Waals surface area (Å²) in [5.41, 5.74) is 5.13. The maximum atomic E-state index is 13.5. The number of aryl methyl sites for hydroxylation is 1. The van der Waals surface area contributed by atoms with Crippen molar-refractivity contribution in [2.45, 2.75) is 83.1 Å². The number of benzene rings is 4. The van der Waals surface area contributed by atoms with Crippen LogP contribution in [0.2, 0.25) is 0 Å². The Morgan fingerprint density at radius 3 is 1.55 bits per heavy atom. The van der Waals surface area contributed by atoms with E-state index in [1.54, 1.807) is 16.4 Å². The number of nitrogens with zero attached hydrogens (tertiary/aromatic N) is 1. The van der Waals surface area contributed by atoms with Gasteiger partial charge in [-0.15, -0.1) is 0 Å². The van der Waals surface area contributed by atoms with Crippen molar-refractivity contribution in [3.63, 3.8) is 0 Å². The average Bonchev–Trinajstić information content (AvgIpc) is 2.99. The van der Waals surface area contributed by atoms with Gasteiger partial charge in [0.2, 0.25) is 10.0 Å². The Bertz CT molecular complexity index is 1380. The molecule has 4 heteroatoms. The average molecular weight is 582 g/mol. The van der Waals surface area contributed by atoms with Gasteiger partial charge in [0, 0.05) is 13.1 Å². The van der Waals surface area contributed by atoms with Crippen LogP contribution in [-0.2, 0) is 29.4 Å². The highest BCUT2D eigenvalue weighted by molar-refractivity contribution is 7.89. The zero-order valence-electron chi connectivity index (χ0n) is 25.4. The number of sulfonamides is 1. The van der Waals surface area contributed by atoms with Gasteiger partial charge < -0.3 is 0 Å². The molecule has 0 aliphatic heterocycles. The van der Waals surface area contributed by atoms with Gasteiger partial charge in [0.25, 0.3) is 0 Å². The van der Waals surface area contributed by atoms with Crippen molar-refractivity contribution in [2.75, 3.05) is 6.54 Å². The molecule has 222 valence electrons. The Hall–Kier alpha value is -3.21. The monoisotopic (exact) mass is 581 g/mol. The third kappa shape index (κ3) is 9.96. The zero-order valence-corrected chi connectivity index (χ0v) is 26.2. The molecule has 0 saturated heterocycles. The van der Waals surface area contributed by atoms with Gasteiger partial charge in [0.15, 0.2) is 0 Å². The van der Waals surface area contributed by atoms with E-state index in [0.29, 0.717) is 18.0 Å². The van der Waals surface area contributed by atoms with Crippen LogP contribution in [0, 0.1) is 12.3 Å². The first-order valence-corrected chi connectivity index (χ1v) is 17.0. The smallest absolute Gasteiger partial charge is 0.207 e. The van der Waals surface area contributed by atoms with Gasteiger partial charge in [-0.1, -0.05) is 148 Å². The van der Waals surface area contributed by atoms with Gasteiger partial charge in [-0.05, 0) is 66.8 Å². The van der Waals surface area contributed by atoms with E-state index in [-0.39, 0.29) is 5.41 Å². The molecule has 0 saturated carbocycles. The minimum Gasteiger partial charge on any atom is -0.207 e. The first kappa shape index (κ1) is 31.7. The maximum Gasteiger partial charge on any atom is 0.243 e. The molecule has 0 atom stereocenters. The standard InChI is InChI=1S/C38H47NO2S/c1-33-24-26-37(27-25-33)42(40,41)39(32-36-22-14-9-15-23-36)29-17-6-4-3-5-16-28-38(2,30-34-18-10-7-11-19-34)31-35-20-12-8-13-21-35/h7-15,18-27H,3-6,16-17,28-32H2,1-2H3. The van der Waals surface area contributed by atoms with E-state index in [1.807, 2.05) is 49.4 Å². The fourth-order valence-corrected chi connectivity index (χ4v) is 7.36. The lowest BCUT2D eigenvalue weighted by Crippen LogP contribution is -2.31. The first-order chi connectivity index (χ1) is 20.3. The Morgan fingerprint density at radius 2 is 1.02 bits per heavy atom. The molecular weight excluding hydrogens is 534 g/mol. The summed E-state index contributed by atoms with van der Waals surface area (Å²) in [5.74, 6) is 0. The Balaban J connectivity index is 1.26. The summed E-state index contributed by atoms with van der Waals surface area (Å²) < 4.78 is 28.7. The normalized spacial score (nSPS) is 12.1. The van der Waals surface area contributed by atoms with Crippen LogP contribution >= 0.6 is 0 Å². The maximum absolute atomic E-state index is 13.5. The second-order valence-corrected chi connectivity index (χ2v) is 14.1. The number of hydrogen-bond donors (Lipinski definition) is 0. The molecule has 0 bridgehead atoms. The van der Waals surface area contributed by atoms with Crippen molar-refractivity contribution in [2.24, 2.45) is 5.41 Å². The van der Waals surface area contributed by atoms with Gasteiger partial charge in [0.1, 0.15) is 0 Å². The Kier molecular flexibility index (Phi) is 12.0. The molecule has 0 spiro atoms. The molecule has 0 heterocycles. The van der Waals surface area contributed by atoms with Crippen molar-refractivity contribution < 1.29 is 8.42 Å². The van der Waals surface area contributed by atoms with Crippen LogP contribution in [0.4, 0.5) is 0 Å². The molecule has 0 fully saturated rings. The second-order valence-electron chi connectivity index (χ2n) is 12.1. The molecule has 42 heavy (non-hydrogen) atoms. The summed E-state index contributed by atoms with van der Waals surface area (Å²) in [6.07, 6.45) is 10.1. The van der Waals surface area contributed by atoms with E-state index < -0.39 is 10.0 Å². The zero-order chi connectivity index (χ0) is 29.7. The van der Waals surface area contributed by atoms with E-state index >= 15 is 0 Å². The highest BCUT2D eigenvalue weighted by atomic mass is 32.2. The molecule has 0 N–H and O–H groups in total. The topological polar surface area (TPSA) is 37.4 Å². The molecule has 0 aliphatic rings. The van der Waals surface area contributed by atoms with Crippen molar-refractivity contribution in [3.05, 3.63) is 138 Å². The van der Waals surface area contributed by atoms with E-state index in [1.165, 1.54) is 36.8 Å². The van der Waals surface area contributed by atoms with E-state index in [4.69, 9.17) is 0 Å². The number of rotatable bonds is 17. The Labute approximate surface area is 254 Å². The van der Waals surface area contributed by atoms with Crippen LogP contribution in [0.15, 0.2) is 120 Å². The molecule has 4 rings (SSSR count). The predicted octanol–water partition coefficient (Wildman–Crippen LogP) is 9.41. The molecule has 0 unspecified atom stereocenters. The Morgan fingerprint density at radius 1 is 0.571 bits per heavy atom. The molecule has 0 amide bonds. The minimum atomic E-state index is -3.55. The van der Waals surface area contributed by atoms with Crippen molar-refractivity contribution in [3.8, 4) is 0 Å². The molecule has 0 radical (unpaired) electrons. The van der Waals surface area contributed by atoms with Crippen LogP contribution in [0.5, 0.6) is 0 Å². The quantitative estimate of drug-likeness (QED) is 0.117. The largest absolute Gasteiger partial charge is 0.243 e. The van der Waals surface area contributed by atoms with E-state index in [0.717, 1.165) is 43.2 Å². The highest BCUT2D eigenvalue weighted by Crippen LogP contribution is 2.33. The van der Waals surface area contributed by atoms with Gasteiger partial charge in [-0.25, -0.2) is 8.42 Å². The molecular formula is C38H47NO2S. The molecule has 3 nitrogen and oxygen atoms in total. The van der Waals surface area contributed by atoms with Crippen LogP contribution in [0.3, 0.4) is 0 Å². The van der Waals surface area contributed by atoms with Crippen molar-refractivity contribution >= 4 is 10.0 Å². The summed E-state index contributed by atoms with van der Waals surface area (Å²) in [5, 5.41) is 0. The van der Waals surface area contributed by atoms with Gasteiger partial charge in [-0.2, -0.15) is 4.31 Å². The van der Waals surface area contributed by atoms with Gasteiger partial charge in [0.05, 0.1) is 4.90 Å². The summed E-state index contributed by atoms with van der Waals surface area (Å²) in [4.78, 5) is 0.373. The molecule has 0 aliphatic carbocycles. The number of unbranched alkanes of at least 4 members (excludes halogenated alkanes) is 5. The lowest BCUT2D eigenvalue weighted by atomic mass is 9.74. The molecule has 4 aromatic rings. The fourth-order valence-electron chi connectivity index (χ4n) is 5.89. The lowest BCUT2D eigenvalue weighted by Gasteiger charge is -2.30. The lowest BCUT2D eigenvalue weighted by molar-refractivity contribution is 0.279. The summed E-state index contributed by atoms with van der Waals surface area (Å²) >= 11 is 0. The molecule has 4 aromatic carbocycles. The summed E-state index contributed by atoms with van der Waals surface area (Å²) in [6, 6.07) is 38.9. The minimum absolute atomic E-state index is 0.227. The van der Waals surface area contributed by atoms with E-state index in [2.05, 4.69) is 67.6 Å². The third-order valence-electron chi connectivity index (χ3n) is 8.25. The fraction of sp³-hybridized carbons (Fsp3) is 0.368. The predicted molar refractivity (Wildman–Crippen MR) is 176 cm³/mol. The molecule has 0 aromatic heterocycles. The van der Waals surface area contributed by atoms with Crippen LogP contribution < -0.4 is 0 Å². The van der Waals surface area contributed by atoms with Crippen LogP contribution in [0.25, 0.3) is 0 Å². The third-order valence-corrected chi connectivity index (χ3v) is 10.1. The van der Waals surface area contributed by atoms with Crippen LogP contribution in [0.1, 0.15) is 74.1 Å². The van der Waals surface area contributed by atoms with E-state index in [9.17, 15) is 8.42 Å². The van der Waals surface area contributed by atoms with Crippen LogP contribution in [-0.4, -0.2) is 19.3 Å². The second kappa shape index (κ2) is 15.9. The summed E-state index contributed by atoms with van der Waals surface area (Å²) in [7, 11) is -3.55. The SMILES string of the molecule is Cc1ccc(S(=O)(=O)N(CCCCCCCCC(C)(Cc2ccccc2)Cc2ccccc2)Cc2ccccc2)cc1. The van der Waals surface area contributed by atoms with Gasteiger partial charge in [-0.3, -0.25) is 0 Å². The van der Waals surface area contributed by atoms with Crippen molar-refractivity contribution in [1.29, 1.82) is 0 Å². The summed E-state index contributed by atoms with van der Waals surface area (Å²) in [6.45, 7) is 5.36. The highest BCUT2D eigenvalue weighted by Gasteiger charge is 2.26. The first-order valence-electron chi connectivity index (χ1n) is 15.5.